The Hall–Kier alpha value is -0.120. The molecule has 2 unspecified atom stereocenters. The molecule has 1 saturated carbocycles. The van der Waals surface area contributed by atoms with Crippen LogP contribution in [0.1, 0.15) is 32.6 Å². The SMILES string of the molecule is CC1COCCC1N[C@H]1CC[C@@H](O)C1. The van der Waals surface area contributed by atoms with Crippen molar-refractivity contribution >= 4 is 0 Å². The molecule has 4 atom stereocenters. The van der Waals surface area contributed by atoms with E-state index in [-0.39, 0.29) is 6.10 Å². The van der Waals surface area contributed by atoms with Crippen molar-refractivity contribution in [2.75, 3.05) is 13.2 Å². The molecule has 0 amide bonds. The molecule has 3 heteroatoms. The first-order valence-electron chi connectivity index (χ1n) is 5.77. The fourth-order valence-corrected chi connectivity index (χ4v) is 2.54. The molecule has 14 heavy (non-hydrogen) atoms. The van der Waals surface area contributed by atoms with Crippen LogP contribution in [0, 0.1) is 5.92 Å². The van der Waals surface area contributed by atoms with Gasteiger partial charge in [-0.2, -0.15) is 0 Å². The van der Waals surface area contributed by atoms with Gasteiger partial charge in [-0.15, -0.1) is 0 Å². The summed E-state index contributed by atoms with van der Waals surface area (Å²) >= 11 is 0. The molecule has 1 saturated heterocycles. The lowest BCUT2D eigenvalue weighted by atomic mass is 9.97. The third-order valence-electron chi connectivity index (χ3n) is 3.50. The van der Waals surface area contributed by atoms with Crippen LogP contribution in [0.2, 0.25) is 0 Å². The second-order valence-electron chi connectivity index (χ2n) is 4.78. The van der Waals surface area contributed by atoms with Crippen molar-refractivity contribution in [1.82, 2.24) is 5.32 Å². The fraction of sp³-hybridized carbons (Fsp3) is 1.00. The lowest BCUT2D eigenvalue weighted by Gasteiger charge is -2.32. The summed E-state index contributed by atoms with van der Waals surface area (Å²) in [4.78, 5) is 0. The topological polar surface area (TPSA) is 41.5 Å². The maximum atomic E-state index is 9.43. The van der Waals surface area contributed by atoms with E-state index >= 15 is 0 Å². The van der Waals surface area contributed by atoms with Gasteiger partial charge in [-0.25, -0.2) is 0 Å². The molecule has 1 aliphatic heterocycles. The number of hydrogen-bond donors (Lipinski definition) is 2. The standard InChI is InChI=1S/C11H21NO2/c1-8-7-14-5-4-11(8)12-9-2-3-10(13)6-9/h8-13H,2-7H2,1H3/t8?,9-,10+,11?/m0/s1. The van der Waals surface area contributed by atoms with Crippen LogP contribution >= 0.6 is 0 Å². The highest BCUT2D eigenvalue weighted by molar-refractivity contribution is 4.86. The number of nitrogens with one attached hydrogen (secondary N) is 1. The summed E-state index contributed by atoms with van der Waals surface area (Å²) in [6.45, 7) is 4.01. The fourth-order valence-electron chi connectivity index (χ4n) is 2.54. The third-order valence-corrected chi connectivity index (χ3v) is 3.50. The van der Waals surface area contributed by atoms with E-state index in [1.165, 1.54) is 0 Å². The number of aliphatic hydroxyl groups excluding tert-OH is 1. The summed E-state index contributed by atoms with van der Waals surface area (Å²) in [7, 11) is 0. The summed E-state index contributed by atoms with van der Waals surface area (Å²) in [5.74, 6) is 0.612. The maximum Gasteiger partial charge on any atom is 0.0555 e. The molecular weight excluding hydrogens is 178 g/mol. The van der Waals surface area contributed by atoms with E-state index in [1.807, 2.05) is 0 Å². The van der Waals surface area contributed by atoms with Crippen molar-refractivity contribution in [2.45, 2.75) is 50.8 Å². The van der Waals surface area contributed by atoms with Gasteiger partial charge >= 0.3 is 0 Å². The monoisotopic (exact) mass is 199 g/mol. The molecule has 0 radical (unpaired) electrons. The van der Waals surface area contributed by atoms with Gasteiger partial charge in [-0.3, -0.25) is 0 Å². The van der Waals surface area contributed by atoms with Crippen molar-refractivity contribution in [3.63, 3.8) is 0 Å². The molecule has 3 nitrogen and oxygen atoms in total. The number of ether oxygens (including phenoxy) is 1. The van der Waals surface area contributed by atoms with Gasteiger partial charge in [-0.05, 0) is 31.6 Å². The van der Waals surface area contributed by atoms with Crippen LogP contribution in [0.3, 0.4) is 0 Å². The average Bonchev–Trinajstić information content (AvgIpc) is 2.56. The van der Waals surface area contributed by atoms with E-state index in [1.54, 1.807) is 0 Å². The molecule has 0 aromatic carbocycles. The second-order valence-corrected chi connectivity index (χ2v) is 4.78. The van der Waals surface area contributed by atoms with Gasteiger partial charge in [0.1, 0.15) is 0 Å². The molecule has 2 aliphatic rings. The molecule has 0 aromatic rings. The Labute approximate surface area is 85.8 Å². The predicted octanol–water partition coefficient (Wildman–Crippen LogP) is 0.914. The zero-order valence-corrected chi connectivity index (χ0v) is 8.91. The number of aliphatic hydroxyl groups is 1. The highest BCUT2D eigenvalue weighted by Gasteiger charge is 2.28. The normalized spacial score (nSPS) is 44.1. The minimum absolute atomic E-state index is 0.0670. The minimum atomic E-state index is -0.0670. The van der Waals surface area contributed by atoms with E-state index in [4.69, 9.17) is 4.74 Å². The molecular formula is C11H21NO2. The van der Waals surface area contributed by atoms with Crippen LogP contribution in [-0.4, -0.2) is 36.5 Å². The Morgan fingerprint density at radius 2 is 2.14 bits per heavy atom. The van der Waals surface area contributed by atoms with Gasteiger partial charge in [0, 0.05) is 18.7 Å². The quantitative estimate of drug-likeness (QED) is 0.694. The van der Waals surface area contributed by atoms with E-state index in [9.17, 15) is 5.11 Å². The summed E-state index contributed by atoms with van der Waals surface area (Å²) < 4.78 is 5.41. The van der Waals surface area contributed by atoms with Crippen LogP contribution in [0.25, 0.3) is 0 Å². The Balaban J connectivity index is 1.78. The van der Waals surface area contributed by atoms with Gasteiger partial charge < -0.3 is 15.2 Å². The van der Waals surface area contributed by atoms with Crippen molar-refractivity contribution in [3.05, 3.63) is 0 Å². The van der Waals surface area contributed by atoms with Crippen molar-refractivity contribution in [2.24, 2.45) is 5.92 Å². The average molecular weight is 199 g/mol. The second kappa shape index (κ2) is 4.60. The lowest BCUT2D eigenvalue weighted by Crippen LogP contribution is -2.45. The van der Waals surface area contributed by atoms with Gasteiger partial charge in [0.05, 0.1) is 12.7 Å². The molecule has 1 aliphatic carbocycles. The smallest absolute Gasteiger partial charge is 0.0555 e. The molecule has 0 aromatic heterocycles. The molecule has 2 rings (SSSR count). The molecule has 0 bridgehead atoms. The van der Waals surface area contributed by atoms with E-state index in [0.717, 1.165) is 38.9 Å². The molecule has 2 N–H and O–H groups in total. The van der Waals surface area contributed by atoms with Gasteiger partial charge in [0.15, 0.2) is 0 Å². The summed E-state index contributed by atoms with van der Waals surface area (Å²) in [5, 5.41) is 13.1. The largest absolute Gasteiger partial charge is 0.393 e. The zero-order chi connectivity index (χ0) is 9.97. The number of rotatable bonds is 2. The first-order chi connectivity index (χ1) is 6.75. The van der Waals surface area contributed by atoms with Gasteiger partial charge in [0.2, 0.25) is 0 Å². The summed E-state index contributed by atoms with van der Waals surface area (Å²) in [6.07, 6.45) is 4.08. The highest BCUT2D eigenvalue weighted by Crippen LogP contribution is 2.22. The van der Waals surface area contributed by atoms with Crippen LogP contribution in [-0.2, 0) is 4.74 Å². The lowest BCUT2D eigenvalue weighted by molar-refractivity contribution is 0.0355. The van der Waals surface area contributed by atoms with Crippen LogP contribution in [0.15, 0.2) is 0 Å². The molecule has 2 fully saturated rings. The zero-order valence-electron chi connectivity index (χ0n) is 8.91. The minimum Gasteiger partial charge on any atom is -0.393 e. The third kappa shape index (κ3) is 2.47. The summed E-state index contributed by atoms with van der Waals surface area (Å²) in [5.41, 5.74) is 0. The Kier molecular flexibility index (Phi) is 3.42. The van der Waals surface area contributed by atoms with Crippen molar-refractivity contribution in [3.8, 4) is 0 Å². The van der Waals surface area contributed by atoms with Gasteiger partial charge in [0.25, 0.3) is 0 Å². The molecule has 82 valence electrons. The predicted molar refractivity (Wildman–Crippen MR) is 55.2 cm³/mol. The highest BCUT2D eigenvalue weighted by atomic mass is 16.5. The maximum absolute atomic E-state index is 9.43. The first-order valence-corrected chi connectivity index (χ1v) is 5.77. The van der Waals surface area contributed by atoms with Crippen LogP contribution < -0.4 is 5.32 Å². The Morgan fingerprint density at radius 3 is 2.79 bits per heavy atom. The Morgan fingerprint density at radius 1 is 1.29 bits per heavy atom. The van der Waals surface area contributed by atoms with Gasteiger partial charge in [-0.1, -0.05) is 6.92 Å². The van der Waals surface area contributed by atoms with E-state index in [2.05, 4.69) is 12.2 Å². The first kappa shape index (κ1) is 10.4. The Bertz CT molecular complexity index is 186. The summed E-state index contributed by atoms with van der Waals surface area (Å²) in [6, 6.07) is 1.13. The van der Waals surface area contributed by atoms with Crippen LogP contribution in [0.4, 0.5) is 0 Å². The van der Waals surface area contributed by atoms with E-state index in [0.29, 0.717) is 18.0 Å². The van der Waals surface area contributed by atoms with Crippen molar-refractivity contribution < 1.29 is 9.84 Å². The van der Waals surface area contributed by atoms with E-state index < -0.39 is 0 Å². The number of hydrogen-bond acceptors (Lipinski definition) is 3. The molecule has 1 heterocycles. The van der Waals surface area contributed by atoms with Crippen LogP contribution in [0.5, 0.6) is 0 Å². The molecule has 0 spiro atoms. The van der Waals surface area contributed by atoms with Crippen molar-refractivity contribution in [1.29, 1.82) is 0 Å².